The van der Waals surface area contributed by atoms with Gasteiger partial charge in [0, 0.05) is 12.6 Å². The first kappa shape index (κ1) is 17.4. The minimum atomic E-state index is -0.634. The molecule has 0 aliphatic carbocycles. The van der Waals surface area contributed by atoms with Gasteiger partial charge in [-0.1, -0.05) is 0 Å². The van der Waals surface area contributed by atoms with Gasteiger partial charge in [0.05, 0.1) is 20.3 Å². The zero-order chi connectivity index (χ0) is 19.6. The smallest absolute Gasteiger partial charge is 0.161 e. The lowest BCUT2D eigenvalue weighted by atomic mass is 9.83. The van der Waals surface area contributed by atoms with Crippen LogP contribution < -0.4 is 9.47 Å². The molecule has 2 aliphatic rings. The number of phenolic OH excluding ortho intramolecular Hbond substituents is 2. The van der Waals surface area contributed by atoms with Crippen molar-refractivity contribution in [1.29, 1.82) is 0 Å². The molecule has 3 N–H and O–H groups in total. The van der Waals surface area contributed by atoms with E-state index in [9.17, 15) is 15.3 Å². The molecule has 6 nitrogen and oxygen atoms in total. The Balaban J connectivity index is 1.94. The molecule has 3 aromatic carbocycles. The fourth-order valence-corrected chi connectivity index (χ4v) is 5.00. The minimum Gasteiger partial charge on any atom is -0.504 e. The van der Waals surface area contributed by atoms with Crippen molar-refractivity contribution in [1.82, 2.24) is 4.90 Å². The van der Waals surface area contributed by atoms with Gasteiger partial charge in [-0.05, 0) is 76.3 Å². The lowest BCUT2D eigenvalue weighted by Crippen LogP contribution is -2.39. The topological polar surface area (TPSA) is 82.4 Å². The van der Waals surface area contributed by atoms with Crippen LogP contribution in [0, 0.1) is 0 Å². The molecule has 1 saturated heterocycles. The first-order valence-corrected chi connectivity index (χ1v) is 9.51. The lowest BCUT2D eigenvalue weighted by molar-refractivity contribution is 0.0552. The first-order valence-electron chi connectivity index (χ1n) is 9.51. The zero-order valence-corrected chi connectivity index (χ0v) is 15.9. The molecule has 2 atom stereocenters. The molecule has 0 aromatic heterocycles. The van der Waals surface area contributed by atoms with Crippen molar-refractivity contribution in [3.63, 3.8) is 0 Å². The molecule has 6 heteroatoms. The lowest BCUT2D eigenvalue weighted by Gasteiger charge is -2.37. The minimum absolute atomic E-state index is 0.0373. The molecule has 0 saturated carbocycles. The maximum Gasteiger partial charge on any atom is 0.161 e. The highest BCUT2D eigenvalue weighted by Crippen LogP contribution is 2.48. The van der Waals surface area contributed by atoms with Gasteiger partial charge >= 0.3 is 0 Å². The molecule has 2 aliphatic heterocycles. The number of ether oxygens (including phenoxy) is 2. The number of aliphatic hydroxyl groups is 1. The summed E-state index contributed by atoms with van der Waals surface area (Å²) in [6.45, 7) is 1.69. The Morgan fingerprint density at radius 1 is 0.893 bits per heavy atom. The van der Waals surface area contributed by atoms with Gasteiger partial charge in [-0.25, -0.2) is 0 Å². The second-order valence-corrected chi connectivity index (χ2v) is 7.66. The quantitative estimate of drug-likeness (QED) is 0.590. The molecule has 3 aromatic rings. The Bertz CT molecular complexity index is 1110. The molecule has 5 rings (SSSR count). The third-order valence-corrected chi connectivity index (χ3v) is 6.30. The number of hydrogen-bond acceptors (Lipinski definition) is 6. The van der Waals surface area contributed by atoms with Crippen LogP contribution in [0.4, 0.5) is 0 Å². The zero-order valence-electron chi connectivity index (χ0n) is 15.9. The normalized spacial score (nSPS) is 21.7. The molecule has 0 radical (unpaired) electrons. The van der Waals surface area contributed by atoms with Gasteiger partial charge < -0.3 is 24.8 Å². The molecule has 28 heavy (non-hydrogen) atoms. The number of aliphatic hydroxyl groups excluding tert-OH is 1. The van der Waals surface area contributed by atoms with Crippen LogP contribution >= 0.6 is 0 Å². The molecule has 146 valence electrons. The number of aromatic hydroxyl groups is 2. The molecular weight excluding hydrogens is 358 g/mol. The number of rotatable bonds is 2. The highest BCUT2D eigenvalue weighted by molar-refractivity contribution is 6.13. The molecule has 0 bridgehead atoms. The van der Waals surface area contributed by atoms with Crippen LogP contribution in [-0.4, -0.2) is 47.0 Å². The SMILES string of the molecule is COc1cc2c3c(c4cc(O)c(OC)cc4c2cc1O)[C@@H](O)[C@H]1CCCN1C3. The van der Waals surface area contributed by atoms with Crippen LogP contribution in [0.5, 0.6) is 23.0 Å². The van der Waals surface area contributed by atoms with Gasteiger partial charge in [-0.15, -0.1) is 0 Å². The molecular formula is C22H23NO5. The largest absolute Gasteiger partial charge is 0.504 e. The summed E-state index contributed by atoms with van der Waals surface area (Å²) < 4.78 is 10.7. The van der Waals surface area contributed by atoms with Crippen molar-refractivity contribution < 1.29 is 24.8 Å². The van der Waals surface area contributed by atoms with E-state index in [1.807, 2.05) is 6.07 Å². The Morgan fingerprint density at radius 2 is 1.50 bits per heavy atom. The third-order valence-electron chi connectivity index (χ3n) is 6.30. The maximum absolute atomic E-state index is 11.3. The van der Waals surface area contributed by atoms with E-state index in [0.29, 0.717) is 11.5 Å². The van der Waals surface area contributed by atoms with Crippen LogP contribution in [0.2, 0.25) is 0 Å². The second-order valence-electron chi connectivity index (χ2n) is 7.66. The van der Waals surface area contributed by atoms with E-state index in [1.165, 1.54) is 14.2 Å². The van der Waals surface area contributed by atoms with Gasteiger partial charge in [-0.2, -0.15) is 0 Å². The third kappa shape index (κ3) is 2.28. The van der Waals surface area contributed by atoms with Crippen molar-refractivity contribution in [3.8, 4) is 23.0 Å². The number of hydrogen-bond donors (Lipinski definition) is 3. The van der Waals surface area contributed by atoms with E-state index in [0.717, 1.165) is 58.6 Å². The summed E-state index contributed by atoms with van der Waals surface area (Å²) in [5, 5.41) is 35.5. The fourth-order valence-electron chi connectivity index (χ4n) is 5.00. The monoisotopic (exact) mass is 381 g/mol. The van der Waals surface area contributed by atoms with Crippen LogP contribution in [0.1, 0.15) is 30.1 Å². The standard InChI is InChI=1S/C22H23NO5/c1-27-19-8-12-11-6-17(24)20(28-2)9-13(11)15-10-23-5-3-4-16(23)22(26)21(15)14(12)7-18(19)25/h6-9,16,22,24-26H,3-5,10H2,1-2H3/t16-,22+/m1/s1. The summed E-state index contributed by atoms with van der Waals surface area (Å²) in [6.07, 6.45) is 1.39. The number of fused-ring (bicyclic) bond motifs is 7. The van der Waals surface area contributed by atoms with Crippen LogP contribution in [0.3, 0.4) is 0 Å². The van der Waals surface area contributed by atoms with Gasteiger partial charge in [0.25, 0.3) is 0 Å². The summed E-state index contributed by atoms with van der Waals surface area (Å²) in [5.41, 5.74) is 1.88. The van der Waals surface area contributed by atoms with Crippen molar-refractivity contribution in [3.05, 3.63) is 35.4 Å². The van der Waals surface area contributed by atoms with Gasteiger partial charge in [-0.3, -0.25) is 4.90 Å². The maximum atomic E-state index is 11.3. The molecule has 0 spiro atoms. The van der Waals surface area contributed by atoms with Crippen LogP contribution in [0.25, 0.3) is 21.5 Å². The molecule has 2 heterocycles. The average Bonchev–Trinajstić information content (AvgIpc) is 3.16. The summed E-state index contributed by atoms with van der Waals surface area (Å²) in [5.74, 6) is 0.851. The van der Waals surface area contributed by atoms with Gasteiger partial charge in [0.15, 0.2) is 23.0 Å². The average molecular weight is 381 g/mol. The Hall–Kier alpha value is -2.70. The van der Waals surface area contributed by atoms with E-state index >= 15 is 0 Å². The van der Waals surface area contributed by atoms with Crippen LogP contribution in [-0.2, 0) is 6.54 Å². The summed E-state index contributed by atoms with van der Waals surface area (Å²) in [7, 11) is 3.04. The highest BCUT2D eigenvalue weighted by Gasteiger charge is 2.39. The Kier molecular flexibility index (Phi) is 3.82. The summed E-state index contributed by atoms with van der Waals surface area (Å²) >= 11 is 0. The van der Waals surface area contributed by atoms with E-state index < -0.39 is 6.10 Å². The van der Waals surface area contributed by atoms with E-state index in [4.69, 9.17) is 9.47 Å². The van der Waals surface area contributed by atoms with Gasteiger partial charge in [0.2, 0.25) is 0 Å². The predicted octanol–water partition coefficient (Wildman–Crippen LogP) is 3.43. The Morgan fingerprint density at radius 3 is 2.18 bits per heavy atom. The van der Waals surface area contributed by atoms with Gasteiger partial charge in [0.1, 0.15) is 0 Å². The summed E-state index contributed by atoms with van der Waals surface area (Å²) in [4.78, 5) is 2.32. The van der Waals surface area contributed by atoms with E-state index in [-0.39, 0.29) is 17.5 Å². The number of benzene rings is 3. The number of methoxy groups -OCH3 is 2. The van der Waals surface area contributed by atoms with Crippen molar-refractivity contribution in [2.75, 3.05) is 20.8 Å². The fraction of sp³-hybridized carbons (Fsp3) is 0.364. The number of nitrogens with zero attached hydrogens (tertiary/aromatic N) is 1. The molecule has 1 fully saturated rings. The second kappa shape index (κ2) is 6.15. The highest BCUT2D eigenvalue weighted by atomic mass is 16.5. The van der Waals surface area contributed by atoms with E-state index in [1.54, 1.807) is 18.2 Å². The van der Waals surface area contributed by atoms with Crippen molar-refractivity contribution in [2.45, 2.75) is 31.5 Å². The predicted molar refractivity (Wildman–Crippen MR) is 106 cm³/mol. The van der Waals surface area contributed by atoms with Crippen molar-refractivity contribution >= 4 is 21.5 Å². The summed E-state index contributed by atoms with van der Waals surface area (Å²) in [6, 6.07) is 7.06. The Labute approximate surface area is 162 Å². The van der Waals surface area contributed by atoms with Crippen molar-refractivity contribution in [2.24, 2.45) is 0 Å². The van der Waals surface area contributed by atoms with E-state index in [2.05, 4.69) is 4.90 Å². The molecule has 0 amide bonds. The number of phenols is 2. The molecule has 0 unspecified atom stereocenters. The first-order chi connectivity index (χ1) is 13.5. The van der Waals surface area contributed by atoms with Crippen LogP contribution in [0.15, 0.2) is 24.3 Å².